The fourth-order valence-corrected chi connectivity index (χ4v) is 1.93. The summed E-state index contributed by atoms with van der Waals surface area (Å²) in [5.41, 5.74) is 1.07. The van der Waals surface area contributed by atoms with Crippen LogP contribution in [0.4, 0.5) is 5.95 Å². The van der Waals surface area contributed by atoms with E-state index in [1.54, 1.807) is 18.2 Å². The van der Waals surface area contributed by atoms with Crippen molar-refractivity contribution < 1.29 is 9.90 Å². The summed E-state index contributed by atoms with van der Waals surface area (Å²) in [7, 11) is 0. The summed E-state index contributed by atoms with van der Waals surface area (Å²) in [4.78, 5) is 29.4. The first-order valence-corrected chi connectivity index (χ1v) is 6.13. The zero-order chi connectivity index (χ0) is 14.8. The van der Waals surface area contributed by atoms with Crippen molar-refractivity contribution in [3.63, 3.8) is 0 Å². The molecule has 0 atom stereocenters. The molecule has 2 heterocycles. The lowest BCUT2D eigenvalue weighted by Gasteiger charge is -2.06. The molecule has 0 aliphatic heterocycles. The van der Waals surface area contributed by atoms with Crippen molar-refractivity contribution in [2.75, 3.05) is 5.32 Å². The number of nitrogens with one attached hydrogen (secondary N) is 3. The van der Waals surface area contributed by atoms with Crippen molar-refractivity contribution in [2.24, 2.45) is 0 Å². The molecule has 0 saturated heterocycles. The maximum Gasteiger partial charge on any atom is 0.335 e. The van der Waals surface area contributed by atoms with Crippen LogP contribution in [0.25, 0.3) is 11.0 Å². The molecule has 0 amide bonds. The number of carboxylic acid groups (broad SMARTS) is 1. The number of anilines is 1. The minimum atomic E-state index is -0.984. The van der Waals surface area contributed by atoms with Crippen LogP contribution in [0.3, 0.4) is 0 Å². The Kier molecular flexibility index (Phi) is 3.11. The van der Waals surface area contributed by atoms with E-state index < -0.39 is 5.97 Å². The van der Waals surface area contributed by atoms with E-state index in [9.17, 15) is 9.59 Å². The van der Waals surface area contributed by atoms with Crippen molar-refractivity contribution in [3.05, 3.63) is 51.9 Å². The molecule has 8 heteroatoms. The molecule has 3 rings (SSSR count). The summed E-state index contributed by atoms with van der Waals surface area (Å²) in [6, 6.07) is 6.52. The van der Waals surface area contributed by atoms with E-state index in [-0.39, 0.29) is 17.1 Å². The molecule has 0 aliphatic carbocycles. The van der Waals surface area contributed by atoms with Gasteiger partial charge in [-0.3, -0.25) is 14.9 Å². The van der Waals surface area contributed by atoms with Gasteiger partial charge in [0.1, 0.15) is 5.39 Å². The van der Waals surface area contributed by atoms with E-state index in [1.165, 1.54) is 12.3 Å². The van der Waals surface area contributed by atoms with Gasteiger partial charge < -0.3 is 10.4 Å². The predicted octanol–water partition coefficient (Wildman–Crippen LogP) is 0.956. The number of carbonyl (C=O) groups is 1. The fraction of sp³-hybridized carbons (Fsp3) is 0.0769. The van der Waals surface area contributed by atoms with Gasteiger partial charge in [0.05, 0.1) is 11.8 Å². The van der Waals surface area contributed by atoms with E-state index in [1.807, 2.05) is 0 Å². The van der Waals surface area contributed by atoms with Crippen LogP contribution >= 0.6 is 0 Å². The summed E-state index contributed by atoms with van der Waals surface area (Å²) in [6.07, 6.45) is 1.40. The lowest BCUT2D eigenvalue weighted by atomic mass is 10.1. The number of nitrogens with zero attached hydrogens (tertiary/aromatic N) is 2. The van der Waals surface area contributed by atoms with Gasteiger partial charge in [0, 0.05) is 6.54 Å². The molecule has 1 aromatic carbocycles. The Labute approximate surface area is 117 Å². The van der Waals surface area contributed by atoms with Gasteiger partial charge in [0.15, 0.2) is 5.65 Å². The standard InChI is InChI=1S/C13H11N5O3/c19-11-9-6-15-18-10(9)16-13(17-11)14-5-7-2-1-3-8(4-7)12(20)21/h1-4,6H,5H2,(H,20,21)(H3,14,15,16,17,18,19). The molecule has 21 heavy (non-hydrogen) atoms. The summed E-state index contributed by atoms with van der Waals surface area (Å²) >= 11 is 0. The number of hydrogen-bond acceptors (Lipinski definition) is 5. The second kappa shape index (κ2) is 5.08. The van der Waals surface area contributed by atoms with Crippen LogP contribution in [0.5, 0.6) is 0 Å². The smallest absolute Gasteiger partial charge is 0.335 e. The van der Waals surface area contributed by atoms with Crippen molar-refractivity contribution >= 4 is 23.0 Å². The van der Waals surface area contributed by atoms with Crippen molar-refractivity contribution in [1.29, 1.82) is 0 Å². The zero-order valence-corrected chi connectivity index (χ0v) is 10.8. The van der Waals surface area contributed by atoms with E-state index in [4.69, 9.17) is 5.11 Å². The second-order valence-corrected chi connectivity index (χ2v) is 4.41. The third-order valence-corrected chi connectivity index (χ3v) is 2.95. The Morgan fingerprint density at radius 1 is 1.38 bits per heavy atom. The summed E-state index contributed by atoms with van der Waals surface area (Å²) in [6.45, 7) is 0.337. The number of H-pyrrole nitrogens is 2. The summed E-state index contributed by atoms with van der Waals surface area (Å²) < 4.78 is 0. The van der Waals surface area contributed by atoms with Crippen LogP contribution in [-0.4, -0.2) is 31.2 Å². The first kappa shape index (κ1) is 12.9. The monoisotopic (exact) mass is 285 g/mol. The highest BCUT2D eigenvalue weighted by molar-refractivity contribution is 5.87. The maximum atomic E-state index is 11.7. The number of rotatable bonds is 4. The molecule has 0 unspecified atom stereocenters. The Morgan fingerprint density at radius 2 is 2.24 bits per heavy atom. The average Bonchev–Trinajstić information content (AvgIpc) is 2.94. The average molecular weight is 285 g/mol. The maximum absolute atomic E-state index is 11.7. The fourth-order valence-electron chi connectivity index (χ4n) is 1.93. The quantitative estimate of drug-likeness (QED) is 0.566. The molecule has 0 aliphatic rings. The minimum absolute atomic E-state index is 0.208. The Bertz CT molecular complexity index is 867. The first-order valence-electron chi connectivity index (χ1n) is 6.13. The molecular weight excluding hydrogens is 274 g/mol. The third kappa shape index (κ3) is 2.59. The SMILES string of the molecule is O=C(O)c1cccc(CNc2nc3[nH]ncc3c(=O)[nH]2)c1. The normalized spacial score (nSPS) is 10.7. The van der Waals surface area contributed by atoms with Crippen LogP contribution in [0.1, 0.15) is 15.9 Å². The van der Waals surface area contributed by atoms with E-state index in [0.717, 1.165) is 5.56 Å². The summed E-state index contributed by atoms with van der Waals surface area (Å²) in [5.74, 6) is -0.695. The van der Waals surface area contributed by atoms with Crippen LogP contribution in [0.15, 0.2) is 35.3 Å². The number of hydrogen-bond donors (Lipinski definition) is 4. The molecule has 0 spiro atoms. The van der Waals surface area contributed by atoms with Crippen LogP contribution in [-0.2, 0) is 6.54 Å². The molecule has 0 fully saturated rings. The van der Waals surface area contributed by atoms with E-state index >= 15 is 0 Å². The lowest BCUT2D eigenvalue weighted by molar-refractivity contribution is 0.0697. The van der Waals surface area contributed by atoms with E-state index in [0.29, 0.717) is 17.6 Å². The highest BCUT2D eigenvalue weighted by atomic mass is 16.4. The largest absolute Gasteiger partial charge is 0.478 e. The molecule has 106 valence electrons. The molecule has 0 bridgehead atoms. The number of aromatic carboxylic acids is 1. The Hall–Kier alpha value is -3.16. The van der Waals surface area contributed by atoms with Crippen LogP contribution in [0.2, 0.25) is 0 Å². The summed E-state index contributed by atoms with van der Waals surface area (Å²) in [5, 5.41) is 18.6. The molecule has 3 aromatic rings. The highest BCUT2D eigenvalue weighted by Gasteiger charge is 2.06. The van der Waals surface area contributed by atoms with Crippen molar-refractivity contribution in [2.45, 2.75) is 6.54 Å². The van der Waals surface area contributed by atoms with Gasteiger partial charge in [0.2, 0.25) is 5.95 Å². The molecule has 4 N–H and O–H groups in total. The van der Waals surface area contributed by atoms with Gasteiger partial charge in [-0.1, -0.05) is 12.1 Å². The number of benzene rings is 1. The van der Waals surface area contributed by atoms with Gasteiger partial charge in [-0.15, -0.1) is 0 Å². The lowest BCUT2D eigenvalue weighted by Crippen LogP contribution is -2.12. The van der Waals surface area contributed by atoms with Crippen LogP contribution in [0, 0.1) is 0 Å². The Morgan fingerprint density at radius 3 is 3.05 bits per heavy atom. The molecule has 0 saturated carbocycles. The van der Waals surface area contributed by atoms with Crippen LogP contribution < -0.4 is 10.9 Å². The number of carboxylic acids is 1. The van der Waals surface area contributed by atoms with Gasteiger partial charge in [0.25, 0.3) is 5.56 Å². The highest BCUT2D eigenvalue weighted by Crippen LogP contribution is 2.08. The van der Waals surface area contributed by atoms with Crippen molar-refractivity contribution in [1.82, 2.24) is 20.2 Å². The first-order chi connectivity index (χ1) is 10.1. The molecule has 2 aromatic heterocycles. The molecule has 8 nitrogen and oxygen atoms in total. The second-order valence-electron chi connectivity index (χ2n) is 4.41. The number of fused-ring (bicyclic) bond motifs is 1. The molecule has 0 radical (unpaired) electrons. The van der Waals surface area contributed by atoms with E-state index in [2.05, 4.69) is 25.5 Å². The topological polar surface area (TPSA) is 124 Å². The van der Waals surface area contributed by atoms with Gasteiger partial charge >= 0.3 is 5.97 Å². The number of aromatic amines is 2. The van der Waals surface area contributed by atoms with Crippen molar-refractivity contribution in [3.8, 4) is 0 Å². The molecular formula is C13H11N5O3. The third-order valence-electron chi connectivity index (χ3n) is 2.95. The minimum Gasteiger partial charge on any atom is -0.478 e. The van der Waals surface area contributed by atoms with Gasteiger partial charge in [-0.05, 0) is 17.7 Å². The number of aromatic nitrogens is 4. The van der Waals surface area contributed by atoms with Gasteiger partial charge in [-0.25, -0.2) is 4.79 Å². The Balaban J connectivity index is 1.81. The predicted molar refractivity (Wildman–Crippen MR) is 75.2 cm³/mol. The zero-order valence-electron chi connectivity index (χ0n) is 10.8. The van der Waals surface area contributed by atoms with Gasteiger partial charge in [-0.2, -0.15) is 10.1 Å².